The van der Waals surface area contributed by atoms with Crippen LogP contribution >= 0.6 is 22.9 Å². The van der Waals surface area contributed by atoms with Gasteiger partial charge in [-0.25, -0.2) is 9.97 Å². The molecule has 7 heteroatoms. The van der Waals surface area contributed by atoms with Gasteiger partial charge < -0.3 is 10.1 Å². The predicted octanol–water partition coefficient (Wildman–Crippen LogP) is 3.24. The molecule has 3 saturated carbocycles. The average Bonchev–Trinajstić information content (AvgIpc) is 3.09. The summed E-state index contributed by atoms with van der Waals surface area (Å²) in [7, 11) is 1.46. The van der Waals surface area contributed by atoms with E-state index >= 15 is 0 Å². The summed E-state index contributed by atoms with van der Waals surface area (Å²) in [5.41, 5.74) is -0.340. The average molecular weight is 324 g/mol. The van der Waals surface area contributed by atoms with Crippen LogP contribution in [0.25, 0.3) is 10.2 Å². The monoisotopic (exact) mass is 323 g/mol. The maximum Gasteiger partial charge on any atom is 0.311 e. The minimum atomic E-state index is -0.285. The lowest BCUT2D eigenvalue weighted by Gasteiger charge is -2.46. The molecule has 5 nitrogen and oxygen atoms in total. The first-order valence-corrected chi connectivity index (χ1v) is 8.09. The van der Waals surface area contributed by atoms with Gasteiger partial charge in [0, 0.05) is 5.54 Å². The van der Waals surface area contributed by atoms with Gasteiger partial charge in [0.05, 0.1) is 17.9 Å². The third kappa shape index (κ3) is 1.85. The van der Waals surface area contributed by atoms with Crippen LogP contribution in [0.5, 0.6) is 0 Å². The van der Waals surface area contributed by atoms with E-state index in [0.717, 1.165) is 41.7 Å². The third-order valence-electron chi connectivity index (χ3n) is 4.74. The number of esters is 1. The number of fused-ring (bicyclic) bond motifs is 2. The largest absolute Gasteiger partial charge is 0.469 e. The number of nitrogens with zero attached hydrogens (tertiary/aromatic N) is 2. The van der Waals surface area contributed by atoms with Gasteiger partial charge >= 0.3 is 5.97 Å². The van der Waals surface area contributed by atoms with Gasteiger partial charge in [-0.3, -0.25) is 4.79 Å². The van der Waals surface area contributed by atoms with Gasteiger partial charge in [0.15, 0.2) is 0 Å². The fraction of sp³-hybridized carbons (Fsp3) is 0.500. The highest BCUT2D eigenvalue weighted by Gasteiger charge is 2.65. The number of hydrogen-bond acceptors (Lipinski definition) is 6. The number of ether oxygens (including phenoxy) is 1. The van der Waals surface area contributed by atoms with Gasteiger partial charge in [-0.2, -0.15) is 0 Å². The van der Waals surface area contributed by atoms with Gasteiger partial charge in [0.25, 0.3) is 0 Å². The highest BCUT2D eigenvalue weighted by molar-refractivity contribution is 7.16. The predicted molar refractivity (Wildman–Crippen MR) is 81.7 cm³/mol. The molecule has 2 aromatic rings. The Hall–Kier alpha value is -1.40. The maximum absolute atomic E-state index is 11.9. The van der Waals surface area contributed by atoms with E-state index in [1.165, 1.54) is 7.11 Å². The Morgan fingerprint density at radius 1 is 1.43 bits per heavy atom. The Balaban J connectivity index is 1.63. The first-order valence-electron chi connectivity index (χ1n) is 6.83. The Morgan fingerprint density at radius 2 is 2.24 bits per heavy atom. The van der Waals surface area contributed by atoms with Crippen LogP contribution in [-0.2, 0) is 9.53 Å². The number of methoxy groups -OCH3 is 1. The van der Waals surface area contributed by atoms with Crippen molar-refractivity contribution in [2.45, 2.75) is 31.2 Å². The first-order chi connectivity index (χ1) is 10.1. The van der Waals surface area contributed by atoms with E-state index in [1.54, 1.807) is 11.3 Å². The molecule has 2 aromatic heterocycles. The standard InChI is InChI=1S/C14H14ClN3O2S/c1-20-11(19)13-3-4-14(6-13,7-13)18-9-8-2-5-21-10(8)17-12(15)16-9/h2,5H,3-4,6-7H2,1H3,(H,16,17,18). The molecule has 0 spiro atoms. The summed E-state index contributed by atoms with van der Waals surface area (Å²) in [6.45, 7) is 0. The number of aromatic nitrogens is 2. The molecule has 2 heterocycles. The molecule has 3 aliphatic rings. The number of rotatable bonds is 3. The lowest BCUT2D eigenvalue weighted by Crippen LogP contribution is -2.52. The number of halogens is 1. The van der Waals surface area contributed by atoms with Crippen LogP contribution in [-0.4, -0.2) is 28.6 Å². The summed E-state index contributed by atoms with van der Waals surface area (Å²) in [4.78, 5) is 21.3. The number of carbonyl (C=O) groups excluding carboxylic acids is 1. The Labute approximate surface area is 130 Å². The number of anilines is 1. The van der Waals surface area contributed by atoms with Crippen molar-refractivity contribution in [3.05, 3.63) is 16.7 Å². The summed E-state index contributed by atoms with van der Waals surface area (Å²) in [6.07, 6.45) is 3.44. The Morgan fingerprint density at radius 3 is 3.00 bits per heavy atom. The summed E-state index contributed by atoms with van der Waals surface area (Å²) < 4.78 is 4.94. The normalized spacial score (nSPS) is 30.2. The van der Waals surface area contributed by atoms with Crippen molar-refractivity contribution >= 4 is 44.9 Å². The lowest BCUT2D eigenvalue weighted by atomic mass is 9.65. The molecule has 110 valence electrons. The maximum atomic E-state index is 11.9. The van der Waals surface area contributed by atoms with Crippen LogP contribution in [0.4, 0.5) is 5.82 Å². The zero-order valence-electron chi connectivity index (χ0n) is 11.5. The van der Waals surface area contributed by atoms with Gasteiger partial charge in [0.1, 0.15) is 10.6 Å². The first kappa shape index (κ1) is 13.3. The molecule has 2 bridgehead atoms. The molecular weight excluding hydrogens is 310 g/mol. The van der Waals surface area contributed by atoms with Crippen molar-refractivity contribution < 1.29 is 9.53 Å². The van der Waals surface area contributed by atoms with E-state index in [0.29, 0.717) is 0 Å². The zero-order chi connectivity index (χ0) is 14.7. The van der Waals surface area contributed by atoms with E-state index in [4.69, 9.17) is 16.3 Å². The fourth-order valence-corrected chi connectivity index (χ4v) is 4.85. The molecule has 21 heavy (non-hydrogen) atoms. The highest BCUT2D eigenvalue weighted by Crippen LogP contribution is 2.63. The van der Waals surface area contributed by atoms with Crippen LogP contribution in [0.1, 0.15) is 25.7 Å². The molecule has 0 aromatic carbocycles. The molecule has 3 aliphatic carbocycles. The second-order valence-corrected chi connectivity index (χ2v) is 7.24. The zero-order valence-corrected chi connectivity index (χ0v) is 13.1. The van der Waals surface area contributed by atoms with Crippen LogP contribution in [0.15, 0.2) is 11.4 Å². The quantitative estimate of drug-likeness (QED) is 0.694. The summed E-state index contributed by atoms with van der Waals surface area (Å²) in [5, 5.41) is 6.74. The molecular formula is C14H14ClN3O2S. The Bertz CT molecular complexity index is 739. The topological polar surface area (TPSA) is 64.1 Å². The molecule has 0 unspecified atom stereocenters. The number of thiophene rings is 1. The van der Waals surface area contributed by atoms with E-state index < -0.39 is 0 Å². The van der Waals surface area contributed by atoms with Crippen molar-refractivity contribution in [3.8, 4) is 0 Å². The van der Waals surface area contributed by atoms with E-state index in [9.17, 15) is 4.79 Å². The number of hydrogen-bond donors (Lipinski definition) is 1. The van der Waals surface area contributed by atoms with Gasteiger partial charge in [-0.05, 0) is 48.7 Å². The van der Waals surface area contributed by atoms with Gasteiger partial charge in [-0.15, -0.1) is 11.3 Å². The van der Waals surface area contributed by atoms with Crippen molar-refractivity contribution in [1.82, 2.24) is 9.97 Å². The second kappa shape index (κ2) is 4.30. The molecule has 0 atom stereocenters. The van der Waals surface area contributed by atoms with Crippen molar-refractivity contribution in [1.29, 1.82) is 0 Å². The fourth-order valence-electron chi connectivity index (χ4n) is 3.87. The van der Waals surface area contributed by atoms with E-state index in [-0.39, 0.29) is 22.2 Å². The Kier molecular flexibility index (Phi) is 2.72. The van der Waals surface area contributed by atoms with Crippen molar-refractivity contribution in [2.75, 3.05) is 12.4 Å². The number of nitrogens with one attached hydrogen (secondary N) is 1. The van der Waals surface area contributed by atoms with Crippen molar-refractivity contribution in [2.24, 2.45) is 5.41 Å². The van der Waals surface area contributed by atoms with Gasteiger partial charge in [0.2, 0.25) is 5.28 Å². The number of carbonyl (C=O) groups is 1. The molecule has 5 rings (SSSR count). The summed E-state index contributed by atoms with van der Waals surface area (Å²) >= 11 is 7.54. The summed E-state index contributed by atoms with van der Waals surface area (Å²) in [5.74, 6) is 0.686. The van der Waals surface area contributed by atoms with Crippen LogP contribution < -0.4 is 5.32 Å². The van der Waals surface area contributed by atoms with Crippen LogP contribution in [0.3, 0.4) is 0 Å². The van der Waals surface area contributed by atoms with Crippen LogP contribution in [0.2, 0.25) is 5.28 Å². The smallest absolute Gasteiger partial charge is 0.311 e. The molecule has 3 fully saturated rings. The minimum absolute atomic E-state index is 0.0548. The van der Waals surface area contributed by atoms with Crippen LogP contribution in [0, 0.1) is 5.41 Å². The van der Waals surface area contributed by atoms with Gasteiger partial charge in [-0.1, -0.05) is 0 Å². The third-order valence-corrected chi connectivity index (χ3v) is 5.71. The summed E-state index contributed by atoms with van der Waals surface area (Å²) in [6, 6.07) is 2.00. The van der Waals surface area contributed by atoms with E-state index in [2.05, 4.69) is 15.3 Å². The van der Waals surface area contributed by atoms with E-state index in [1.807, 2.05) is 11.4 Å². The second-order valence-electron chi connectivity index (χ2n) is 6.01. The minimum Gasteiger partial charge on any atom is -0.469 e. The molecule has 0 amide bonds. The molecule has 0 aliphatic heterocycles. The lowest BCUT2D eigenvalue weighted by molar-refractivity contribution is -0.157. The molecule has 0 radical (unpaired) electrons. The molecule has 1 N–H and O–H groups in total. The highest BCUT2D eigenvalue weighted by atomic mass is 35.5. The van der Waals surface area contributed by atoms with Crippen molar-refractivity contribution in [3.63, 3.8) is 0 Å². The molecule has 0 saturated heterocycles. The SMILES string of the molecule is COC(=O)C12CCC(Nc3nc(Cl)nc4sccc34)(C1)C2.